The molecule has 0 saturated heterocycles. The highest BCUT2D eigenvalue weighted by molar-refractivity contribution is 8.00. The Morgan fingerprint density at radius 3 is 1.23 bits per heavy atom. The van der Waals surface area contributed by atoms with Crippen molar-refractivity contribution >= 4 is 141 Å². The second kappa shape index (κ2) is 49.1. The number of thioether (sulfide) groups is 1. The minimum absolute atomic E-state index is 0.0179. The first-order valence-electron chi connectivity index (χ1n) is 39.9. The van der Waals surface area contributed by atoms with Crippen molar-refractivity contribution in [3.63, 3.8) is 0 Å². The van der Waals surface area contributed by atoms with Gasteiger partial charge in [-0.05, 0) is 93.8 Å². The van der Waals surface area contributed by atoms with Crippen LogP contribution in [-0.2, 0) is 101 Å². The Labute approximate surface area is 732 Å². The number of hydrogen-bond acceptors (Lipinski definition) is 27. The maximum Gasteiger partial charge on any atom is 0.326 e. The summed E-state index contributed by atoms with van der Waals surface area (Å²) in [4.78, 5) is 264. The number of amides is 11. The molecule has 0 unspecified atom stereocenters. The molecule has 24 N–H and O–H groups in total. The Morgan fingerprint density at radius 2 is 0.852 bits per heavy atom. The molecule has 0 fully saturated rings. The maximum absolute atomic E-state index is 14.8. The number of fused-ring (bicyclic) bond motifs is 2. The molecule has 128 heavy (non-hydrogen) atoms. The van der Waals surface area contributed by atoms with E-state index in [9.17, 15) is 122 Å². The molecule has 2 aromatic carbocycles. The normalized spacial score (nSPS) is 13.4. The summed E-state index contributed by atoms with van der Waals surface area (Å²) in [5.74, 6) is -23.9. The summed E-state index contributed by atoms with van der Waals surface area (Å²) >= 11 is 0.770. The second-order valence-electron chi connectivity index (χ2n) is 29.7. The summed E-state index contributed by atoms with van der Waals surface area (Å²) in [5, 5.41) is 98.9. The zero-order valence-electron chi connectivity index (χ0n) is 69.7. The molecule has 7 rings (SSSR count). The highest BCUT2D eigenvalue weighted by atomic mass is 32.2. The number of carbonyl (C=O) groups excluding carboxylic acids is 12. The largest absolute Gasteiger partial charge is 0.545 e. The van der Waals surface area contributed by atoms with Gasteiger partial charge in [0.15, 0.2) is 0 Å². The highest BCUT2D eigenvalue weighted by Crippen LogP contribution is 2.42. The number of nitrogens with two attached hydrogens (primary N) is 2. The van der Waals surface area contributed by atoms with E-state index in [1.807, 2.05) is 61.9 Å². The van der Waals surface area contributed by atoms with Crippen molar-refractivity contribution in [1.82, 2.24) is 87.6 Å². The summed E-state index contributed by atoms with van der Waals surface area (Å²) in [6, 6.07) is -3.29. The Bertz CT molecular complexity index is 5200. The lowest BCUT2D eigenvalue weighted by Gasteiger charge is -2.28. The van der Waals surface area contributed by atoms with Crippen LogP contribution >= 0.6 is 11.8 Å². The van der Waals surface area contributed by atoms with Gasteiger partial charge >= 0.3 is 35.8 Å². The van der Waals surface area contributed by atoms with Crippen molar-refractivity contribution in [2.45, 2.75) is 163 Å². The van der Waals surface area contributed by atoms with E-state index in [4.69, 9.17) is 15.9 Å². The first-order chi connectivity index (χ1) is 60.8. The molecule has 0 radical (unpaired) electrons. The number of aromatic nitrogens is 6. The fourth-order valence-electron chi connectivity index (χ4n) is 13.0. The van der Waals surface area contributed by atoms with Crippen LogP contribution in [0.1, 0.15) is 111 Å². The molecule has 1 aliphatic carbocycles. The molecule has 48 heteroatoms. The van der Waals surface area contributed by atoms with Gasteiger partial charge in [-0.3, -0.25) is 76.7 Å². The van der Waals surface area contributed by atoms with Crippen molar-refractivity contribution in [3.05, 3.63) is 120 Å². The van der Waals surface area contributed by atoms with E-state index in [1.165, 1.54) is 49.4 Å². The lowest BCUT2D eigenvalue weighted by Crippen LogP contribution is -2.61. The highest BCUT2D eigenvalue weighted by Gasteiger charge is 2.38. The van der Waals surface area contributed by atoms with Crippen LogP contribution in [0.25, 0.3) is 33.4 Å². The number of carboxylic acids is 7. The second-order valence-corrected chi connectivity index (χ2v) is 30.7. The third kappa shape index (κ3) is 31.5. The molecule has 11 amide bonds. The number of carbonyl (C=O) groups is 18. The van der Waals surface area contributed by atoms with E-state index in [2.05, 4.69) is 88.4 Å². The average molecular weight is 1800 g/mol. The summed E-state index contributed by atoms with van der Waals surface area (Å²) in [7, 11) is 7.38. The number of aromatic amines is 3. The zero-order chi connectivity index (χ0) is 94.0. The Morgan fingerprint density at radius 1 is 0.461 bits per heavy atom. The Hall–Kier alpha value is -14.7. The molecule has 10 atom stereocenters. The predicted molar refractivity (Wildman–Crippen MR) is 450 cm³/mol. The van der Waals surface area contributed by atoms with Crippen LogP contribution in [0.5, 0.6) is 0 Å². The average Bonchev–Trinajstić information content (AvgIpc) is 0.769. The number of hydrogen-bond donors (Lipinski definition) is 22. The standard InChI is InChI=1S/C80H101N21O26S/c1-100(2)44-9-12-47-60(29-44)127-61-30-45(101(3)4)10-13-48(61)69(47)46-11-8-40(25-49(46)79(123)124)89-63(103)36-128-35-59(90-62(102)31-82)78(122)95-54(17-22-67(110)111)74(118)99-58(28-43-34-85-39-88-43)77(121)94-53(16-21-66(108)109)73(117)98-57(27-42-33-84-38-87-42)76(120)93-52(15-20-65(106)107)72(116)97-56(26-41-32-83-37-86-41)75(119)92-51(14-19-64(104)105)71(115)91-50(7-5-6-24-81)70(114)96-55(80(125)126)18-23-68(112)113/h8-13,25,29-30,32-34,37-39,50-59H,5-7,14-24,26-28,31,35-36,81-82H2,1-4H3,(H20,83,84,85,86,87,88,90,91,92,93,94,95,96,97,98,99,102,104,105,106,107,108,109,110,111,112,113,114,115,116,117,118,119,120,121,122,123,124,125,126)/t50-,51-,52-,53-,54-,55-,56-,57-,58-,59-/m0/s1. The van der Waals surface area contributed by atoms with Gasteiger partial charge in [-0.1, -0.05) is 6.07 Å². The van der Waals surface area contributed by atoms with E-state index in [1.54, 1.807) is 12.1 Å². The molecule has 688 valence electrons. The van der Waals surface area contributed by atoms with Gasteiger partial charge in [-0.25, -0.2) is 24.3 Å². The molecule has 2 aliphatic rings. The van der Waals surface area contributed by atoms with E-state index in [0.29, 0.717) is 27.9 Å². The maximum atomic E-state index is 14.8. The number of carboxylic acid groups (broad SMARTS) is 7. The predicted octanol–water partition coefficient (Wildman–Crippen LogP) is -4.42. The molecule has 3 aromatic heterocycles. The number of H-pyrrole nitrogens is 3. The Balaban J connectivity index is 1.09. The molecule has 0 saturated carbocycles. The van der Waals surface area contributed by atoms with Gasteiger partial charge in [-0.15, -0.1) is 11.8 Å². The number of benzene rings is 3. The van der Waals surface area contributed by atoms with Gasteiger partial charge in [0.2, 0.25) is 70.3 Å². The van der Waals surface area contributed by atoms with E-state index < -0.39 is 269 Å². The van der Waals surface area contributed by atoms with Crippen molar-refractivity contribution < 1.29 is 126 Å². The fraction of sp³-hybridized carbons (Fsp3) is 0.425. The number of rotatable bonds is 54. The summed E-state index contributed by atoms with van der Waals surface area (Å²) in [6.45, 7) is -0.579. The minimum atomic E-state index is -1.98. The van der Waals surface area contributed by atoms with Crippen LogP contribution in [0.4, 0.5) is 11.4 Å². The lowest BCUT2D eigenvalue weighted by molar-refractivity contribution is -0.255. The van der Waals surface area contributed by atoms with Gasteiger partial charge in [0.05, 0.1) is 60.4 Å². The van der Waals surface area contributed by atoms with Gasteiger partial charge in [0.1, 0.15) is 85.9 Å². The number of nitrogens with zero attached hydrogens (tertiary/aromatic N) is 5. The molecule has 1 aliphatic heterocycles. The quantitative estimate of drug-likeness (QED) is 0.00972. The van der Waals surface area contributed by atoms with Crippen LogP contribution in [0.2, 0.25) is 0 Å². The minimum Gasteiger partial charge on any atom is -0.545 e. The Kier molecular flexibility index (Phi) is 38.5. The first-order valence-corrected chi connectivity index (χ1v) is 41.1. The molecule has 0 bridgehead atoms. The van der Waals surface area contributed by atoms with Crippen molar-refractivity contribution in [1.29, 1.82) is 0 Å². The molecule has 47 nitrogen and oxygen atoms in total. The number of anilines is 2. The lowest BCUT2D eigenvalue weighted by atomic mass is 9.90. The van der Waals surface area contributed by atoms with Crippen LogP contribution < -0.4 is 89.9 Å². The topological polar surface area (TPSA) is 742 Å². The summed E-state index contributed by atoms with van der Waals surface area (Å²) in [6.07, 6.45) is -1.73. The number of imidazole rings is 3. The SMILES string of the molecule is CN(C)c1ccc2c(-c3ccc(NC(=O)CSC[C@H](NC(=O)CN)C(=O)N[C@@H](CCC(=O)O)C(=O)N[C@@H](Cc4c[nH]cn4)C(=O)N[C@@H](CCC(=O)O)C(=O)N[C@@H](Cc4c[nH]cn4)C(=O)N[C@@H](CCC(=O)O)C(=O)N[C@@H](Cc4c[nH]cn4)C(=O)N[C@@H](CCC(=O)O)C(=O)N[C@@H](CCCCN)C(=O)N[C@@H](CCC(=O)O)C(=O)O)cc3C(=O)[O-])c3ccc(=[N+](C)C)cc-3oc2c1. The molecular formula is C80H101N21O26S. The molecule has 4 heterocycles. The van der Waals surface area contributed by atoms with Crippen LogP contribution in [0, 0.1) is 0 Å². The fourth-order valence-corrected chi connectivity index (χ4v) is 13.8. The molecule has 5 aromatic rings. The van der Waals surface area contributed by atoms with Crippen LogP contribution in [-0.4, -0.2) is 281 Å². The smallest absolute Gasteiger partial charge is 0.326 e. The molecule has 0 spiro atoms. The van der Waals surface area contributed by atoms with Gasteiger partial charge in [-0.2, -0.15) is 0 Å². The first kappa shape index (κ1) is 100. The third-order valence-electron chi connectivity index (χ3n) is 19.6. The van der Waals surface area contributed by atoms with Gasteiger partial charge < -0.3 is 135 Å². The number of unbranched alkanes of at least 4 members (excludes halogenated alkanes) is 1. The third-order valence-corrected chi connectivity index (χ3v) is 20.7. The number of aliphatic carboxylic acids is 6. The van der Waals surface area contributed by atoms with Crippen molar-refractivity contribution in [3.8, 4) is 22.5 Å². The summed E-state index contributed by atoms with van der Waals surface area (Å²) in [5.41, 5.74) is 13.6. The zero-order valence-corrected chi connectivity index (χ0v) is 70.5. The monoisotopic (exact) mass is 1800 g/mol. The molecular weight excluding hydrogens is 1700 g/mol. The number of nitrogens with one attached hydrogen (secondary N) is 14. The number of aromatic carboxylic acids is 1. The van der Waals surface area contributed by atoms with E-state index >= 15 is 0 Å². The van der Waals surface area contributed by atoms with Gasteiger partial charge in [0.25, 0.3) is 0 Å². The van der Waals surface area contributed by atoms with Crippen molar-refractivity contribution in [2.24, 2.45) is 11.5 Å². The van der Waals surface area contributed by atoms with E-state index in [0.717, 1.165) is 29.1 Å². The van der Waals surface area contributed by atoms with Crippen LogP contribution in [0.3, 0.4) is 0 Å². The van der Waals surface area contributed by atoms with Gasteiger partial charge in [0, 0.05) is 135 Å². The van der Waals surface area contributed by atoms with Crippen LogP contribution in [0.15, 0.2) is 96.6 Å². The van der Waals surface area contributed by atoms with Crippen molar-refractivity contribution in [2.75, 3.05) is 63.0 Å². The summed E-state index contributed by atoms with van der Waals surface area (Å²) < 4.78 is 8.27. The van der Waals surface area contributed by atoms with E-state index in [-0.39, 0.29) is 59.7 Å².